The highest BCUT2D eigenvalue weighted by Gasteiger charge is 2.43. The molecule has 1 atom stereocenters. The summed E-state index contributed by atoms with van der Waals surface area (Å²) in [6, 6.07) is 2.87. The normalized spacial score (nSPS) is 16.5. The van der Waals surface area contributed by atoms with E-state index in [0.717, 1.165) is 21.5 Å². The highest BCUT2D eigenvalue weighted by molar-refractivity contribution is 8.00. The van der Waals surface area contributed by atoms with Gasteiger partial charge in [-0.2, -0.15) is 0 Å². The Hall–Kier alpha value is -2.72. The molecule has 2 aromatic heterocycles. The van der Waals surface area contributed by atoms with Crippen LogP contribution in [0.3, 0.4) is 0 Å². The third-order valence-electron chi connectivity index (χ3n) is 4.32. The van der Waals surface area contributed by atoms with Gasteiger partial charge in [0.25, 0.3) is 0 Å². The molecule has 28 heavy (non-hydrogen) atoms. The highest BCUT2D eigenvalue weighted by Crippen LogP contribution is 2.41. The van der Waals surface area contributed by atoms with E-state index in [1.54, 1.807) is 13.8 Å². The Labute approximate surface area is 168 Å². The monoisotopic (exact) mass is 420 g/mol. The van der Waals surface area contributed by atoms with Gasteiger partial charge >= 0.3 is 11.9 Å². The Morgan fingerprint density at radius 2 is 2.07 bits per heavy atom. The van der Waals surface area contributed by atoms with E-state index in [-0.39, 0.29) is 27.6 Å². The molecule has 0 radical (unpaired) electrons. The minimum Gasteiger partial charge on any atom is -0.478 e. The number of pyridine rings is 1. The molecule has 1 N–H and O–H groups in total. The Bertz CT molecular complexity index is 1000. The first-order valence-corrected chi connectivity index (χ1v) is 9.86. The van der Waals surface area contributed by atoms with E-state index in [4.69, 9.17) is 4.74 Å². The Morgan fingerprint density at radius 3 is 2.71 bits per heavy atom. The first-order chi connectivity index (χ1) is 13.3. The molecule has 1 fully saturated rings. The Morgan fingerprint density at radius 1 is 1.36 bits per heavy atom. The van der Waals surface area contributed by atoms with Crippen molar-refractivity contribution >= 4 is 51.9 Å². The van der Waals surface area contributed by atoms with Crippen LogP contribution in [-0.4, -0.2) is 46.2 Å². The van der Waals surface area contributed by atoms with E-state index in [2.05, 4.69) is 4.98 Å². The summed E-state index contributed by atoms with van der Waals surface area (Å²) < 4.78 is 4.80. The lowest BCUT2D eigenvalue weighted by Crippen LogP contribution is -2.31. The molecule has 10 heteroatoms. The molecular weight excluding hydrogens is 404 g/mol. The van der Waals surface area contributed by atoms with Gasteiger partial charge in [0.15, 0.2) is 0 Å². The number of hydrogen-bond donors (Lipinski definition) is 1. The van der Waals surface area contributed by atoms with E-state index in [9.17, 15) is 24.3 Å². The van der Waals surface area contributed by atoms with E-state index < -0.39 is 29.0 Å². The van der Waals surface area contributed by atoms with Crippen LogP contribution < -0.4 is 4.90 Å². The third-order valence-corrected chi connectivity index (χ3v) is 6.71. The van der Waals surface area contributed by atoms with Crippen LogP contribution in [0.4, 0.5) is 5.00 Å². The molecule has 2 aromatic rings. The molecule has 0 saturated carbocycles. The van der Waals surface area contributed by atoms with Crippen molar-refractivity contribution in [3.05, 3.63) is 39.9 Å². The predicted octanol–water partition coefficient (Wildman–Crippen LogP) is 2.67. The summed E-state index contributed by atoms with van der Waals surface area (Å²) >= 11 is 2.10. The smallest absolute Gasteiger partial charge is 0.341 e. The van der Waals surface area contributed by atoms with Gasteiger partial charge in [-0.25, -0.2) is 19.5 Å². The van der Waals surface area contributed by atoms with Crippen LogP contribution in [0.1, 0.15) is 37.6 Å². The van der Waals surface area contributed by atoms with Gasteiger partial charge in [0.1, 0.15) is 10.0 Å². The molecule has 3 heterocycles. The molecule has 1 aliphatic heterocycles. The lowest BCUT2D eigenvalue weighted by Gasteiger charge is -2.15. The summed E-state index contributed by atoms with van der Waals surface area (Å²) in [6.45, 7) is 3.52. The number of thioether (sulfide) groups is 1. The molecular formula is C18H16N2O6S2. The maximum absolute atomic E-state index is 12.9. The van der Waals surface area contributed by atoms with E-state index in [1.165, 1.54) is 36.8 Å². The average Bonchev–Trinajstić information content (AvgIpc) is 3.10. The third kappa shape index (κ3) is 3.40. The van der Waals surface area contributed by atoms with Crippen LogP contribution in [0.25, 0.3) is 0 Å². The topological polar surface area (TPSA) is 114 Å². The number of carboxylic acid groups (broad SMARTS) is 1. The number of esters is 1. The first kappa shape index (κ1) is 20.0. The second-order valence-electron chi connectivity index (χ2n) is 5.99. The van der Waals surface area contributed by atoms with Crippen LogP contribution in [-0.2, 0) is 14.3 Å². The molecule has 2 amide bonds. The molecule has 3 rings (SSSR count). The number of aromatic carboxylic acids is 1. The van der Waals surface area contributed by atoms with Crippen LogP contribution in [0.15, 0.2) is 23.4 Å². The fraction of sp³-hybridized carbons (Fsp3) is 0.278. The standard InChI is InChI=1S/C18H16N2O6S2/c1-8-9(2)27-16(13(8)18(25)26-3)20-12(21)7-11(15(20)22)28-14-10(17(23)24)5-4-6-19-14/h4-6,11H,7H2,1-3H3,(H,23,24)/t11-/m1/s1. The fourth-order valence-electron chi connectivity index (χ4n) is 2.80. The number of carbonyl (C=O) groups excluding carboxylic acids is 3. The second kappa shape index (κ2) is 7.72. The molecule has 1 aliphatic rings. The summed E-state index contributed by atoms with van der Waals surface area (Å²) in [6.07, 6.45) is 1.31. The van der Waals surface area contributed by atoms with Gasteiger partial charge in [0.05, 0.1) is 23.5 Å². The maximum Gasteiger partial charge on any atom is 0.341 e. The van der Waals surface area contributed by atoms with Crippen LogP contribution in [0, 0.1) is 13.8 Å². The van der Waals surface area contributed by atoms with Crippen molar-refractivity contribution in [2.45, 2.75) is 30.5 Å². The number of imide groups is 1. The van der Waals surface area contributed by atoms with E-state index in [1.807, 2.05) is 0 Å². The first-order valence-electron chi connectivity index (χ1n) is 8.16. The molecule has 1 saturated heterocycles. The fourth-order valence-corrected chi connectivity index (χ4v) is 5.07. The lowest BCUT2D eigenvalue weighted by atomic mass is 10.1. The van der Waals surface area contributed by atoms with Crippen LogP contribution in [0.2, 0.25) is 0 Å². The van der Waals surface area contributed by atoms with Crippen LogP contribution >= 0.6 is 23.1 Å². The number of nitrogens with zero attached hydrogens (tertiary/aromatic N) is 2. The van der Waals surface area contributed by atoms with Crippen molar-refractivity contribution in [1.29, 1.82) is 0 Å². The van der Waals surface area contributed by atoms with E-state index in [0.29, 0.717) is 5.56 Å². The van der Waals surface area contributed by atoms with Gasteiger partial charge in [0.2, 0.25) is 11.8 Å². The zero-order chi connectivity index (χ0) is 20.6. The van der Waals surface area contributed by atoms with Crippen molar-refractivity contribution in [3.63, 3.8) is 0 Å². The minimum absolute atomic E-state index is 0.0377. The number of carbonyl (C=O) groups is 4. The number of carboxylic acids is 1. The number of aryl methyl sites for hydroxylation is 1. The van der Waals surface area contributed by atoms with Crippen molar-refractivity contribution < 1.29 is 29.0 Å². The maximum atomic E-state index is 12.9. The summed E-state index contributed by atoms with van der Waals surface area (Å²) in [7, 11) is 1.24. The summed E-state index contributed by atoms with van der Waals surface area (Å²) in [5, 5.41) is 8.85. The number of anilines is 1. The number of methoxy groups -OCH3 is 1. The van der Waals surface area contributed by atoms with Gasteiger partial charge < -0.3 is 9.84 Å². The average molecular weight is 420 g/mol. The van der Waals surface area contributed by atoms with Crippen molar-refractivity contribution in [2.24, 2.45) is 0 Å². The summed E-state index contributed by atoms with van der Waals surface area (Å²) in [4.78, 5) is 54.9. The molecule has 146 valence electrons. The second-order valence-corrected chi connectivity index (χ2v) is 8.39. The SMILES string of the molecule is COC(=O)c1c(N2C(=O)C[C@@H](Sc3ncccc3C(=O)O)C2=O)sc(C)c1C. The minimum atomic E-state index is -1.17. The Kier molecular flexibility index (Phi) is 5.52. The quantitative estimate of drug-likeness (QED) is 0.580. The van der Waals surface area contributed by atoms with Gasteiger partial charge in [-0.05, 0) is 31.5 Å². The predicted molar refractivity (Wildman–Crippen MR) is 103 cm³/mol. The summed E-state index contributed by atoms with van der Waals surface area (Å²) in [5.74, 6) is -2.75. The molecule has 8 nitrogen and oxygen atoms in total. The largest absolute Gasteiger partial charge is 0.478 e. The number of rotatable bonds is 5. The van der Waals surface area contributed by atoms with Gasteiger partial charge in [-0.1, -0.05) is 11.8 Å². The number of hydrogen-bond acceptors (Lipinski definition) is 8. The van der Waals surface area contributed by atoms with Gasteiger partial charge in [-0.15, -0.1) is 11.3 Å². The van der Waals surface area contributed by atoms with Gasteiger partial charge in [-0.3, -0.25) is 9.59 Å². The van der Waals surface area contributed by atoms with Crippen molar-refractivity contribution in [3.8, 4) is 0 Å². The number of thiophene rings is 1. The molecule has 0 bridgehead atoms. The molecule has 0 spiro atoms. The summed E-state index contributed by atoms with van der Waals surface area (Å²) in [5.41, 5.74) is 0.812. The number of aromatic nitrogens is 1. The Balaban J connectivity index is 1.95. The molecule has 0 unspecified atom stereocenters. The van der Waals surface area contributed by atoms with Crippen molar-refractivity contribution in [1.82, 2.24) is 4.98 Å². The number of amides is 2. The molecule has 0 aromatic carbocycles. The zero-order valence-corrected chi connectivity index (χ0v) is 16.8. The highest BCUT2D eigenvalue weighted by atomic mass is 32.2. The molecule has 0 aliphatic carbocycles. The van der Waals surface area contributed by atoms with Crippen LogP contribution in [0.5, 0.6) is 0 Å². The van der Waals surface area contributed by atoms with Crippen molar-refractivity contribution in [2.75, 3.05) is 12.0 Å². The lowest BCUT2D eigenvalue weighted by molar-refractivity contribution is -0.121. The zero-order valence-electron chi connectivity index (χ0n) is 15.2. The van der Waals surface area contributed by atoms with Gasteiger partial charge in [0, 0.05) is 17.5 Å². The number of ether oxygens (including phenoxy) is 1. The van der Waals surface area contributed by atoms with E-state index >= 15 is 0 Å².